The molecule has 0 amide bonds. The molecule has 0 unspecified atom stereocenters. The van der Waals surface area contributed by atoms with Crippen molar-refractivity contribution in [3.05, 3.63) is 65.9 Å². The average molecular weight is 405 g/mol. The Morgan fingerprint density at radius 1 is 1.03 bits per heavy atom. The van der Waals surface area contributed by atoms with Gasteiger partial charge in [-0.15, -0.1) is 0 Å². The lowest BCUT2D eigenvalue weighted by Crippen LogP contribution is -2.51. The van der Waals surface area contributed by atoms with Crippen molar-refractivity contribution in [2.45, 2.75) is 32.5 Å². The van der Waals surface area contributed by atoms with Gasteiger partial charge in [-0.2, -0.15) is 4.90 Å². The van der Waals surface area contributed by atoms with Crippen LogP contribution in [0.4, 0.5) is 16.5 Å². The summed E-state index contributed by atoms with van der Waals surface area (Å²) < 4.78 is 4.43. The van der Waals surface area contributed by atoms with E-state index in [0.717, 1.165) is 16.9 Å². The summed E-state index contributed by atoms with van der Waals surface area (Å²) >= 11 is 1.77. The van der Waals surface area contributed by atoms with E-state index in [-0.39, 0.29) is 11.7 Å². The van der Waals surface area contributed by atoms with E-state index in [4.69, 9.17) is 4.98 Å². The molecular weight excluding hydrogens is 378 g/mol. The molecule has 6 heteroatoms. The molecule has 0 spiro atoms. The summed E-state index contributed by atoms with van der Waals surface area (Å²) in [6.45, 7) is 6.84. The van der Waals surface area contributed by atoms with Crippen molar-refractivity contribution in [1.82, 2.24) is 9.55 Å². The summed E-state index contributed by atoms with van der Waals surface area (Å²) in [6.07, 6.45) is 2.28. The summed E-state index contributed by atoms with van der Waals surface area (Å²) in [7, 11) is 4.23. The van der Waals surface area contributed by atoms with Crippen molar-refractivity contribution in [2.24, 2.45) is 14.1 Å². The quantitative estimate of drug-likeness (QED) is 0.464. The van der Waals surface area contributed by atoms with Gasteiger partial charge in [0.15, 0.2) is 11.9 Å². The molecule has 29 heavy (non-hydrogen) atoms. The van der Waals surface area contributed by atoms with E-state index in [1.165, 1.54) is 16.5 Å². The minimum absolute atomic E-state index is 0.159. The molecule has 1 aliphatic rings. The summed E-state index contributed by atoms with van der Waals surface area (Å²) in [6, 6.07) is 17.1. The van der Waals surface area contributed by atoms with Crippen LogP contribution in [-0.4, -0.2) is 15.7 Å². The number of thiazole rings is 1. The van der Waals surface area contributed by atoms with E-state index in [0.29, 0.717) is 0 Å². The van der Waals surface area contributed by atoms with E-state index >= 15 is 0 Å². The molecule has 0 N–H and O–H groups in total. The highest BCUT2D eigenvalue weighted by atomic mass is 32.1. The number of hydrogen-bond acceptors (Lipinski definition) is 4. The van der Waals surface area contributed by atoms with Crippen molar-refractivity contribution < 1.29 is 4.57 Å². The third kappa shape index (κ3) is 2.52. The van der Waals surface area contributed by atoms with Gasteiger partial charge < -0.3 is 9.47 Å². The van der Waals surface area contributed by atoms with Crippen LogP contribution >= 0.6 is 11.3 Å². The highest BCUT2D eigenvalue weighted by Gasteiger charge is 2.49. The molecule has 1 aliphatic heterocycles. The fourth-order valence-corrected chi connectivity index (χ4v) is 5.73. The van der Waals surface area contributed by atoms with Crippen LogP contribution in [0.3, 0.4) is 0 Å². The topological polar surface area (TPSA) is 28.2 Å². The normalized spacial score (nSPS) is 16.7. The minimum atomic E-state index is -0.298. The molecule has 0 bridgehead atoms. The third-order valence-electron chi connectivity index (χ3n) is 6.05. The highest BCUT2D eigenvalue weighted by Crippen LogP contribution is 2.49. The zero-order chi connectivity index (χ0) is 20.3. The van der Waals surface area contributed by atoms with Gasteiger partial charge >= 0.3 is 5.13 Å². The highest BCUT2D eigenvalue weighted by molar-refractivity contribution is 7.13. The van der Waals surface area contributed by atoms with Crippen molar-refractivity contribution in [2.75, 3.05) is 9.80 Å². The molecule has 4 aromatic rings. The van der Waals surface area contributed by atoms with Crippen LogP contribution in [0.15, 0.2) is 60.1 Å². The van der Waals surface area contributed by atoms with Crippen LogP contribution in [0, 0.1) is 0 Å². The van der Waals surface area contributed by atoms with Crippen molar-refractivity contribution in [1.29, 1.82) is 0 Å². The number of hydrogen-bond donors (Lipinski definition) is 0. The monoisotopic (exact) mass is 404 g/mol. The first kappa shape index (κ1) is 18.2. The predicted molar refractivity (Wildman–Crippen MR) is 120 cm³/mol. The number of fused-ring (bicyclic) bond motifs is 2. The maximum atomic E-state index is 5.04. The lowest BCUT2D eigenvalue weighted by molar-refractivity contribution is -0.654. The molecule has 5 nitrogen and oxygen atoms in total. The maximum Gasteiger partial charge on any atom is 0.342 e. The molecule has 3 heterocycles. The minimum Gasteiger partial charge on any atom is -0.329 e. The Balaban J connectivity index is 1.68. The third-order valence-corrected chi connectivity index (χ3v) is 7.00. The van der Waals surface area contributed by atoms with Gasteiger partial charge in [0, 0.05) is 12.4 Å². The van der Waals surface area contributed by atoms with Gasteiger partial charge in [0.05, 0.1) is 29.3 Å². The SMILES string of the molecule is C[C@@H]1N(c2scc[n+]2C)c2ccccc2N1C(C)(C)c1nc2ccccc2n1C. The van der Waals surface area contributed by atoms with Crippen LogP contribution < -0.4 is 14.4 Å². The predicted octanol–water partition coefficient (Wildman–Crippen LogP) is 4.70. The second-order valence-corrected chi connectivity index (χ2v) is 9.07. The number of aromatic nitrogens is 3. The molecule has 0 fully saturated rings. The molecule has 0 saturated heterocycles. The Morgan fingerprint density at radius 2 is 1.72 bits per heavy atom. The standard InChI is InChI=1S/C23H26N5S/c1-16-27(22-25(4)14-15-29-22)19-12-8-9-13-20(19)28(16)23(2,3)21-24-17-10-6-7-11-18(17)26(21)5/h6-16H,1-5H3/q+1/t16-/m1/s1. The van der Waals surface area contributed by atoms with Crippen molar-refractivity contribution in [3.8, 4) is 0 Å². The number of nitrogens with zero attached hydrogens (tertiary/aromatic N) is 5. The van der Waals surface area contributed by atoms with Gasteiger partial charge in [0.25, 0.3) is 0 Å². The number of para-hydroxylation sites is 4. The fraction of sp³-hybridized carbons (Fsp3) is 0.304. The number of imidazole rings is 1. The van der Waals surface area contributed by atoms with E-state index < -0.39 is 0 Å². The zero-order valence-corrected chi connectivity index (χ0v) is 18.3. The molecule has 148 valence electrons. The van der Waals surface area contributed by atoms with Gasteiger partial charge in [-0.25, -0.2) is 9.55 Å². The molecule has 0 radical (unpaired) electrons. The van der Waals surface area contributed by atoms with Crippen LogP contribution in [0.1, 0.15) is 26.6 Å². The molecule has 5 rings (SSSR count). The van der Waals surface area contributed by atoms with E-state index in [1.807, 2.05) is 0 Å². The van der Waals surface area contributed by atoms with Gasteiger partial charge in [-0.05, 0) is 45.0 Å². The lowest BCUT2D eigenvalue weighted by Gasteiger charge is -2.38. The molecule has 0 saturated carbocycles. The molecular formula is C23H26N5S+. The lowest BCUT2D eigenvalue weighted by atomic mass is 10.00. The van der Waals surface area contributed by atoms with Crippen molar-refractivity contribution in [3.63, 3.8) is 0 Å². The molecule has 1 atom stereocenters. The van der Waals surface area contributed by atoms with E-state index in [1.54, 1.807) is 11.3 Å². The van der Waals surface area contributed by atoms with Crippen LogP contribution in [0.5, 0.6) is 0 Å². The first-order chi connectivity index (χ1) is 13.9. The maximum absolute atomic E-state index is 5.04. The van der Waals surface area contributed by atoms with Gasteiger partial charge in [-0.3, -0.25) is 0 Å². The van der Waals surface area contributed by atoms with E-state index in [2.05, 4.69) is 114 Å². The molecule has 2 aromatic heterocycles. The smallest absolute Gasteiger partial charge is 0.329 e. The van der Waals surface area contributed by atoms with Crippen LogP contribution in [-0.2, 0) is 19.6 Å². The molecule has 2 aromatic carbocycles. The second kappa shape index (κ2) is 6.32. The summed E-state index contributed by atoms with van der Waals surface area (Å²) in [5.41, 5.74) is 4.39. The van der Waals surface area contributed by atoms with Crippen LogP contribution in [0.2, 0.25) is 0 Å². The summed E-state index contributed by atoms with van der Waals surface area (Å²) in [4.78, 5) is 9.98. The first-order valence-corrected chi connectivity index (χ1v) is 10.8. The van der Waals surface area contributed by atoms with Crippen molar-refractivity contribution >= 4 is 38.9 Å². The number of rotatable bonds is 3. The van der Waals surface area contributed by atoms with Crippen LogP contribution in [0.25, 0.3) is 11.0 Å². The first-order valence-electron chi connectivity index (χ1n) is 9.94. The Kier molecular flexibility index (Phi) is 3.96. The van der Waals surface area contributed by atoms with Gasteiger partial charge in [0.2, 0.25) is 0 Å². The molecule has 0 aliphatic carbocycles. The summed E-state index contributed by atoms with van der Waals surface area (Å²) in [5, 5.41) is 3.37. The number of aryl methyl sites for hydroxylation is 2. The van der Waals surface area contributed by atoms with Gasteiger partial charge in [0.1, 0.15) is 12.0 Å². The second-order valence-electron chi connectivity index (χ2n) is 8.20. The Morgan fingerprint density at radius 3 is 2.41 bits per heavy atom. The number of anilines is 3. The number of benzene rings is 2. The Bertz CT molecular complexity index is 1200. The van der Waals surface area contributed by atoms with Gasteiger partial charge in [-0.1, -0.05) is 35.6 Å². The summed E-state index contributed by atoms with van der Waals surface area (Å²) in [5.74, 6) is 1.07. The zero-order valence-electron chi connectivity index (χ0n) is 17.5. The Labute approximate surface area is 175 Å². The fourth-order valence-electron chi connectivity index (χ4n) is 4.78. The average Bonchev–Trinajstić information content (AvgIpc) is 3.36. The Hall–Kier alpha value is -2.86. The van der Waals surface area contributed by atoms with E-state index in [9.17, 15) is 0 Å². The largest absolute Gasteiger partial charge is 0.342 e.